The molecule has 120 valence electrons. The number of rotatable bonds is 3. The minimum atomic E-state index is -0.501. The van der Waals surface area contributed by atoms with Gasteiger partial charge in [0.25, 0.3) is 5.56 Å². The van der Waals surface area contributed by atoms with Crippen molar-refractivity contribution in [2.75, 3.05) is 7.11 Å². The van der Waals surface area contributed by atoms with Gasteiger partial charge in [-0.15, -0.1) is 0 Å². The Hall–Kier alpha value is -3.28. The summed E-state index contributed by atoms with van der Waals surface area (Å²) in [6.07, 6.45) is 0. The summed E-state index contributed by atoms with van der Waals surface area (Å²) in [4.78, 5) is 42.5. The van der Waals surface area contributed by atoms with Gasteiger partial charge in [0.1, 0.15) is 5.82 Å². The highest BCUT2D eigenvalue weighted by molar-refractivity contribution is 5.96. The van der Waals surface area contributed by atoms with Crippen molar-refractivity contribution in [3.63, 3.8) is 0 Å². The van der Waals surface area contributed by atoms with Crippen LogP contribution >= 0.6 is 0 Å². The SMILES string of the molecule is COC(=O)c1ccc2c(=O)[nH]c(-c3cccc(C(C)=O)c3)nc2c1. The van der Waals surface area contributed by atoms with E-state index in [1.807, 2.05) is 0 Å². The summed E-state index contributed by atoms with van der Waals surface area (Å²) in [5.74, 6) is -0.246. The van der Waals surface area contributed by atoms with E-state index in [9.17, 15) is 14.4 Å². The van der Waals surface area contributed by atoms with E-state index in [4.69, 9.17) is 0 Å². The quantitative estimate of drug-likeness (QED) is 0.591. The minimum Gasteiger partial charge on any atom is -0.465 e. The molecule has 0 spiro atoms. The van der Waals surface area contributed by atoms with E-state index in [1.165, 1.54) is 32.2 Å². The number of carbonyl (C=O) groups is 2. The summed E-state index contributed by atoms with van der Waals surface area (Å²) in [5.41, 5.74) is 1.51. The molecule has 6 nitrogen and oxygen atoms in total. The Kier molecular flexibility index (Phi) is 3.95. The highest BCUT2D eigenvalue weighted by atomic mass is 16.5. The van der Waals surface area contributed by atoms with E-state index >= 15 is 0 Å². The van der Waals surface area contributed by atoms with Crippen LogP contribution in [0.4, 0.5) is 0 Å². The summed E-state index contributed by atoms with van der Waals surface area (Å²) >= 11 is 0. The molecule has 24 heavy (non-hydrogen) atoms. The summed E-state index contributed by atoms with van der Waals surface area (Å²) in [7, 11) is 1.29. The van der Waals surface area contributed by atoms with Crippen LogP contribution in [-0.2, 0) is 4.74 Å². The maximum Gasteiger partial charge on any atom is 0.337 e. The second-order valence-corrected chi connectivity index (χ2v) is 5.28. The highest BCUT2D eigenvalue weighted by Gasteiger charge is 2.11. The zero-order chi connectivity index (χ0) is 17.3. The third-order valence-corrected chi connectivity index (χ3v) is 3.67. The normalized spacial score (nSPS) is 10.6. The van der Waals surface area contributed by atoms with Crippen LogP contribution in [0, 0.1) is 0 Å². The van der Waals surface area contributed by atoms with Gasteiger partial charge < -0.3 is 9.72 Å². The molecule has 0 aliphatic rings. The predicted molar refractivity (Wildman–Crippen MR) is 89.1 cm³/mol. The first-order chi connectivity index (χ1) is 11.5. The molecule has 0 saturated heterocycles. The van der Waals surface area contributed by atoms with Crippen LogP contribution in [0.25, 0.3) is 22.3 Å². The van der Waals surface area contributed by atoms with Crippen molar-refractivity contribution in [3.8, 4) is 11.4 Å². The Balaban J connectivity index is 2.19. The van der Waals surface area contributed by atoms with Gasteiger partial charge in [-0.05, 0) is 31.2 Å². The second kappa shape index (κ2) is 6.08. The molecule has 3 rings (SSSR count). The Bertz CT molecular complexity index is 1020. The fourth-order valence-electron chi connectivity index (χ4n) is 2.41. The standard InChI is InChI=1S/C18H14N2O4/c1-10(21)11-4-3-5-12(8-11)16-19-15-9-13(18(23)24-2)6-7-14(15)17(22)20-16/h3-9H,1-2H3,(H,19,20,22). The van der Waals surface area contributed by atoms with Gasteiger partial charge in [0, 0.05) is 11.1 Å². The number of carbonyl (C=O) groups excluding carboxylic acids is 2. The Labute approximate surface area is 137 Å². The predicted octanol–water partition coefficient (Wildman–Crippen LogP) is 2.58. The van der Waals surface area contributed by atoms with E-state index < -0.39 is 5.97 Å². The Morgan fingerprint density at radius 2 is 1.88 bits per heavy atom. The van der Waals surface area contributed by atoms with E-state index in [-0.39, 0.29) is 11.3 Å². The first-order valence-electron chi connectivity index (χ1n) is 7.23. The van der Waals surface area contributed by atoms with Crippen LogP contribution in [-0.4, -0.2) is 28.8 Å². The molecule has 1 aromatic heterocycles. The number of aromatic nitrogens is 2. The lowest BCUT2D eigenvalue weighted by atomic mass is 10.1. The maximum absolute atomic E-state index is 12.3. The summed E-state index contributed by atoms with van der Waals surface area (Å²) in [5, 5.41) is 0.370. The van der Waals surface area contributed by atoms with Crippen LogP contribution in [0.15, 0.2) is 47.3 Å². The van der Waals surface area contributed by atoms with Crippen LogP contribution in [0.5, 0.6) is 0 Å². The Morgan fingerprint density at radius 3 is 2.58 bits per heavy atom. The van der Waals surface area contributed by atoms with Gasteiger partial charge in [0.05, 0.1) is 23.6 Å². The molecule has 0 atom stereocenters. The van der Waals surface area contributed by atoms with Crippen molar-refractivity contribution in [2.45, 2.75) is 6.92 Å². The number of Topliss-reactive ketones (excluding diaryl/α,β-unsaturated/α-hetero) is 1. The number of aromatic amines is 1. The number of hydrogen-bond donors (Lipinski definition) is 1. The lowest BCUT2D eigenvalue weighted by Gasteiger charge is -2.06. The van der Waals surface area contributed by atoms with Crippen molar-refractivity contribution in [3.05, 3.63) is 63.9 Å². The van der Waals surface area contributed by atoms with Crippen LogP contribution in [0.3, 0.4) is 0 Å². The highest BCUT2D eigenvalue weighted by Crippen LogP contribution is 2.19. The average Bonchev–Trinajstić information content (AvgIpc) is 2.60. The molecule has 0 fully saturated rings. The molecule has 1 heterocycles. The first kappa shape index (κ1) is 15.6. The van der Waals surface area contributed by atoms with Gasteiger partial charge in [0.2, 0.25) is 0 Å². The molecule has 0 aliphatic carbocycles. The number of nitrogens with zero attached hydrogens (tertiary/aromatic N) is 1. The molecule has 0 radical (unpaired) electrons. The smallest absolute Gasteiger partial charge is 0.337 e. The molecule has 6 heteroatoms. The molecule has 0 saturated carbocycles. The van der Waals surface area contributed by atoms with Crippen LogP contribution in [0.2, 0.25) is 0 Å². The summed E-state index contributed by atoms with van der Waals surface area (Å²) < 4.78 is 4.68. The largest absolute Gasteiger partial charge is 0.465 e. The average molecular weight is 322 g/mol. The molecular weight excluding hydrogens is 308 g/mol. The van der Waals surface area contributed by atoms with E-state index in [0.29, 0.717) is 33.4 Å². The van der Waals surface area contributed by atoms with Gasteiger partial charge in [0.15, 0.2) is 5.78 Å². The maximum atomic E-state index is 12.3. The molecule has 0 aliphatic heterocycles. The zero-order valence-electron chi connectivity index (χ0n) is 13.1. The number of methoxy groups -OCH3 is 1. The zero-order valence-corrected chi connectivity index (χ0v) is 13.1. The number of ether oxygens (including phenoxy) is 1. The number of benzene rings is 2. The van der Waals surface area contributed by atoms with Gasteiger partial charge >= 0.3 is 5.97 Å². The number of nitrogens with one attached hydrogen (secondary N) is 1. The van der Waals surface area contributed by atoms with Crippen molar-refractivity contribution in [2.24, 2.45) is 0 Å². The van der Waals surface area contributed by atoms with Crippen LogP contribution in [0.1, 0.15) is 27.6 Å². The number of esters is 1. The monoisotopic (exact) mass is 322 g/mol. The molecule has 1 N–H and O–H groups in total. The second-order valence-electron chi connectivity index (χ2n) is 5.28. The number of ketones is 1. The molecule has 3 aromatic rings. The topological polar surface area (TPSA) is 89.1 Å². The fourth-order valence-corrected chi connectivity index (χ4v) is 2.41. The molecule has 2 aromatic carbocycles. The lowest BCUT2D eigenvalue weighted by molar-refractivity contribution is 0.0600. The third kappa shape index (κ3) is 2.81. The van der Waals surface area contributed by atoms with Gasteiger partial charge in [-0.1, -0.05) is 18.2 Å². The van der Waals surface area contributed by atoms with Gasteiger partial charge in [-0.25, -0.2) is 9.78 Å². The van der Waals surface area contributed by atoms with Crippen molar-refractivity contribution in [1.82, 2.24) is 9.97 Å². The number of fused-ring (bicyclic) bond motifs is 1. The minimum absolute atomic E-state index is 0.0760. The van der Waals surface area contributed by atoms with Crippen molar-refractivity contribution in [1.29, 1.82) is 0 Å². The first-order valence-corrected chi connectivity index (χ1v) is 7.23. The lowest BCUT2D eigenvalue weighted by Crippen LogP contribution is -2.11. The summed E-state index contributed by atoms with van der Waals surface area (Å²) in [6.45, 7) is 1.47. The number of H-pyrrole nitrogens is 1. The van der Waals surface area contributed by atoms with Crippen molar-refractivity contribution >= 4 is 22.7 Å². The van der Waals surface area contributed by atoms with Crippen LogP contribution < -0.4 is 5.56 Å². The fraction of sp³-hybridized carbons (Fsp3) is 0.111. The molecule has 0 amide bonds. The van der Waals surface area contributed by atoms with E-state index in [0.717, 1.165) is 0 Å². The number of hydrogen-bond acceptors (Lipinski definition) is 5. The van der Waals surface area contributed by atoms with Gasteiger partial charge in [-0.3, -0.25) is 9.59 Å². The van der Waals surface area contributed by atoms with E-state index in [2.05, 4.69) is 14.7 Å². The Morgan fingerprint density at radius 1 is 1.08 bits per heavy atom. The van der Waals surface area contributed by atoms with Gasteiger partial charge in [-0.2, -0.15) is 0 Å². The molecular formula is C18H14N2O4. The summed E-state index contributed by atoms with van der Waals surface area (Å²) in [6, 6.07) is 11.4. The van der Waals surface area contributed by atoms with E-state index in [1.54, 1.807) is 24.3 Å². The van der Waals surface area contributed by atoms with Crippen molar-refractivity contribution < 1.29 is 14.3 Å². The third-order valence-electron chi connectivity index (χ3n) is 3.67. The molecule has 0 bridgehead atoms. The molecule has 0 unspecified atom stereocenters.